The van der Waals surface area contributed by atoms with Gasteiger partial charge in [0.2, 0.25) is 11.8 Å². The summed E-state index contributed by atoms with van der Waals surface area (Å²) in [7, 11) is 0. The molecule has 5 nitrogen and oxygen atoms in total. The molecule has 1 heterocycles. The fraction of sp³-hybridized carbons (Fsp3) is 0.333. The van der Waals surface area contributed by atoms with E-state index < -0.39 is 5.41 Å². The molecule has 0 atom stereocenters. The van der Waals surface area contributed by atoms with Crippen LogP contribution in [0.25, 0.3) is 0 Å². The Hall–Kier alpha value is -2.82. The minimum atomic E-state index is -0.581. The van der Waals surface area contributed by atoms with Crippen LogP contribution in [0.5, 0.6) is 0 Å². The van der Waals surface area contributed by atoms with E-state index in [4.69, 9.17) is 0 Å². The number of nitrogens with one attached hydrogen (secondary N) is 2. The third-order valence-corrected chi connectivity index (χ3v) is 4.86. The lowest BCUT2D eigenvalue weighted by atomic mass is 9.84. The van der Waals surface area contributed by atoms with Gasteiger partial charge in [-0.05, 0) is 37.1 Å². The second-order valence-corrected chi connectivity index (χ2v) is 7.11. The number of piperazine rings is 1. The van der Waals surface area contributed by atoms with Gasteiger partial charge < -0.3 is 15.5 Å². The first kappa shape index (κ1) is 18.0. The zero-order valence-electron chi connectivity index (χ0n) is 15.3. The number of carbonyl (C=O) groups excluding carboxylic acids is 2. The van der Waals surface area contributed by atoms with Gasteiger partial charge in [-0.15, -0.1) is 0 Å². The Labute approximate surface area is 154 Å². The minimum absolute atomic E-state index is 0.000443. The lowest BCUT2D eigenvalue weighted by Gasteiger charge is -2.28. The number of rotatable bonds is 5. The van der Waals surface area contributed by atoms with Crippen LogP contribution in [0.4, 0.5) is 5.69 Å². The summed E-state index contributed by atoms with van der Waals surface area (Å²) in [6.07, 6.45) is 0. The second kappa shape index (κ2) is 7.60. The molecule has 3 rings (SSSR count). The van der Waals surface area contributed by atoms with Gasteiger partial charge in [-0.1, -0.05) is 42.5 Å². The molecule has 0 bridgehead atoms. The SMILES string of the molecule is CC(C)(C(=O)NCc1ccc(N2CCNC(=O)C2)cc1)c1ccccc1. The van der Waals surface area contributed by atoms with Crippen molar-refractivity contribution in [3.63, 3.8) is 0 Å². The highest BCUT2D eigenvalue weighted by atomic mass is 16.2. The molecule has 5 heteroatoms. The van der Waals surface area contributed by atoms with Crippen molar-refractivity contribution < 1.29 is 9.59 Å². The Bertz CT molecular complexity index is 770. The van der Waals surface area contributed by atoms with Crippen molar-refractivity contribution in [2.24, 2.45) is 0 Å². The summed E-state index contributed by atoms with van der Waals surface area (Å²) in [5, 5.41) is 5.85. The zero-order valence-corrected chi connectivity index (χ0v) is 15.3. The number of hydrogen-bond donors (Lipinski definition) is 2. The van der Waals surface area contributed by atoms with E-state index in [1.807, 2.05) is 68.4 Å². The monoisotopic (exact) mass is 351 g/mol. The molecule has 2 aromatic rings. The molecule has 0 aliphatic carbocycles. The molecular formula is C21H25N3O2. The molecule has 0 unspecified atom stereocenters. The molecule has 2 aromatic carbocycles. The summed E-state index contributed by atoms with van der Waals surface area (Å²) in [4.78, 5) is 26.2. The molecule has 1 fully saturated rings. The number of anilines is 1. The maximum Gasteiger partial charge on any atom is 0.239 e. The first-order chi connectivity index (χ1) is 12.5. The Kier molecular flexibility index (Phi) is 5.26. The number of carbonyl (C=O) groups is 2. The number of benzene rings is 2. The molecule has 1 saturated heterocycles. The molecule has 136 valence electrons. The van der Waals surface area contributed by atoms with Crippen LogP contribution in [-0.2, 0) is 21.5 Å². The Morgan fingerprint density at radius 2 is 1.81 bits per heavy atom. The Morgan fingerprint density at radius 1 is 1.12 bits per heavy atom. The van der Waals surface area contributed by atoms with Gasteiger partial charge in [0.25, 0.3) is 0 Å². The average molecular weight is 351 g/mol. The highest BCUT2D eigenvalue weighted by Gasteiger charge is 2.29. The van der Waals surface area contributed by atoms with E-state index in [2.05, 4.69) is 15.5 Å². The van der Waals surface area contributed by atoms with Crippen molar-refractivity contribution in [3.05, 3.63) is 65.7 Å². The van der Waals surface area contributed by atoms with E-state index >= 15 is 0 Å². The molecule has 0 spiro atoms. The van der Waals surface area contributed by atoms with Gasteiger partial charge in [0.15, 0.2) is 0 Å². The van der Waals surface area contributed by atoms with E-state index in [9.17, 15) is 9.59 Å². The molecular weight excluding hydrogens is 326 g/mol. The molecule has 1 aliphatic heterocycles. The maximum absolute atomic E-state index is 12.6. The van der Waals surface area contributed by atoms with Gasteiger partial charge in [0.05, 0.1) is 12.0 Å². The molecule has 2 amide bonds. The van der Waals surface area contributed by atoms with E-state index in [1.54, 1.807) is 0 Å². The van der Waals surface area contributed by atoms with Crippen molar-refractivity contribution in [2.75, 3.05) is 24.5 Å². The average Bonchev–Trinajstić information content (AvgIpc) is 2.67. The minimum Gasteiger partial charge on any atom is -0.360 e. The van der Waals surface area contributed by atoms with E-state index in [0.29, 0.717) is 19.6 Å². The molecule has 0 radical (unpaired) electrons. The largest absolute Gasteiger partial charge is 0.360 e. The lowest BCUT2D eigenvalue weighted by Crippen LogP contribution is -2.47. The quantitative estimate of drug-likeness (QED) is 0.868. The van der Waals surface area contributed by atoms with Crippen molar-refractivity contribution in [1.82, 2.24) is 10.6 Å². The first-order valence-corrected chi connectivity index (χ1v) is 8.91. The van der Waals surface area contributed by atoms with Crippen LogP contribution < -0.4 is 15.5 Å². The third kappa shape index (κ3) is 4.04. The molecule has 0 saturated carbocycles. The number of nitrogens with zero attached hydrogens (tertiary/aromatic N) is 1. The molecule has 0 aromatic heterocycles. The fourth-order valence-electron chi connectivity index (χ4n) is 3.07. The van der Waals surface area contributed by atoms with Gasteiger partial charge in [-0.3, -0.25) is 9.59 Å². The van der Waals surface area contributed by atoms with Gasteiger partial charge >= 0.3 is 0 Å². The van der Waals surface area contributed by atoms with Crippen LogP contribution >= 0.6 is 0 Å². The third-order valence-electron chi connectivity index (χ3n) is 4.86. The Balaban J connectivity index is 1.59. The van der Waals surface area contributed by atoms with Gasteiger partial charge in [-0.2, -0.15) is 0 Å². The van der Waals surface area contributed by atoms with Crippen LogP contribution in [0.15, 0.2) is 54.6 Å². The summed E-state index contributed by atoms with van der Waals surface area (Å²) in [6, 6.07) is 17.8. The Morgan fingerprint density at radius 3 is 2.46 bits per heavy atom. The van der Waals surface area contributed by atoms with Crippen LogP contribution in [0.1, 0.15) is 25.0 Å². The predicted molar refractivity (Wildman–Crippen MR) is 103 cm³/mol. The standard InChI is InChI=1S/C21H25N3O2/c1-21(2,17-6-4-3-5-7-17)20(26)23-14-16-8-10-18(11-9-16)24-13-12-22-19(25)15-24/h3-11H,12-15H2,1-2H3,(H,22,25)(H,23,26). The summed E-state index contributed by atoms with van der Waals surface area (Å²) in [5.74, 6) is 0.0520. The highest BCUT2D eigenvalue weighted by molar-refractivity contribution is 5.87. The van der Waals surface area contributed by atoms with Gasteiger partial charge in [0, 0.05) is 25.3 Å². The second-order valence-electron chi connectivity index (χ2n) is 7.11. The van der Waals surface area contributed by atoms with Crippen LogP contribution in [-0.4, -0.2) is 31.4 Å². The number of hydrogen-bond acceptors (Lipinski definition) is 3. The summed E-state index contributed by atoms with van der Waals surface area (Å²) < 4.78 is 0. The van der Waals surface area contributed by atoms with Gasteiger partial charge in [0.1, 0.15) is 0 Å². The lowest BCUT2D eigenvalue weighted by molar-refractivity contribution is -0.125. The van der Waals surface area contributed by atoms with Crippen molar-refractivity contribution in [1.29, 1.82) is 0 Å². The molecule has 2 N–H and O–H groups in total. The van der Waals surface area contributed by atoms with E-state index in [1.165, 1.54) is 0 Å². The summed E-state index contributed by atoms with van der Waals surface area (Å²) >= 11 is 0. The van der Waals surface area contributed by atoms with Crippen LogP contribution in [0.3, 0.4) is 0 Å². The van der Waals surface area contributed by atoms with Crippen molar-refractivity contribution >= 4 is 17.5 Å². The topological polar surface area (TPSA) is 61.4 Å². The highest BCUT2D eigenvalue weighted by Crippen LogP contribution is 2.23. The smallest absolute Gasteiger partial charge is 0.239 e. The van der Waals surface area contributed by atoms with Crippen molar-refractivity contribution in [2.45, 2.75) is 25.8 Å². The van der Waals surface area contributed by atoms with E-state index in [0.717, 1.165) is 23.4 Å². The molecule has 26 heavy (non-hydrogen) atoms. The summed E-state index contributed by atoms with van der Waals surface area (Å²) in [5.41, 5.74) is 2.48. The maximum atomic E-state index is 12.6. The van der Waals surface area contributed by atoms with Gasteiger partial charge in [-0.25, -0.2) is 0 Å². The van der Waals surface area contributed by atoms with E-state index in [-0.39, 0.29) is 11.8 Å². The summed E-state index contributed by atoms with van der Waals surface area (Å²) in [6.45, 7) is 6.22. The first-order valence-electron chi connectivity index (χ1n) is 8.91. The fourth-order valence-corrected chi connectivity index (χ4v) is 3.07. The number of amides is 2. The normalized spacial score (nSPS) is 14.7. The van der Waals surface area contributed by atoms with Crippen LogP contribution in [0, 0.1) is 0 Å². The molecule has 1 aliphatic rings. The zero-order chi connectivity index (χ0) is 18.6. The van der Waals surface area contributed by atoms with Crippen LogP contribution in [0.2, 0.25) is 0 Å². The predicted octanol–water partition coefficient (Wildman–Crippen LogP) is 2.22. The van der Waals surface area contributed by atoms with Crippen molar-refractivity contribution in [3.8, 4) is 0 Å².